The molecular weight excluding hydrogens is 370 g/mol. The predicted octanol–water partition coefficient (Wildman–Crippen LogP) is 4.80. The maximum atomic E-state index is 11.3. The van der Waals surface area contributed by atoms with Crippen LogP contribution in [0.25, 0.3) is 0 Å². The van der Waals surface area contributed by atoms with Crippen LogP contribution in [-0.2, 0) is 4.84 Å². The number of piperidine rings is 1. The first-order valence-electron chi connectivity index (χ1n) is 9.93. The molecule has 1 unspecified atom stereocenters. The van der Waals surface area contributed by atoms with Crippen molar-refractivity contribution in [3.8, 4) is 0 Å². The second-order valence-corrected chi connectivity index (χ2v) is 9.48. The van der Waals surface area contributed by atoms with Gasteiger partial charge in [-0.3, -0.25) is 9.69 Å². The SMILES string of the molecule is CC(C)(C)N1CCC(c2nc(C3=NOC(c4ccccc4C=O)C3)cs2)CC1. The van der Waals surface area contributed by atoms with Crippen molar-refractivity contribution in [2.45, 2.75) is 57.6 Å². The Bertz CT molecular complexity index is 876. The molecule has 0 saturated carbocycles. The van der Waals surface area contributed by atoms with Crippen LogP contribution in [0.4, 0.5) is 0 Å². The summed E-state index contributed by atoms with van der Waals surface area (Å²) in [6.07, 6.45) is 3.62. The molecule has 1 atom stereocenters. The van der Waals surface area contributed by atoms with Gasteiger partial charge in [0.15, 0.2) is 6.10 Å². The molecule has 0 radical (unpaired) electrons. The summed E-state index contributed by atoms with van der Waals surface area (Å²) >= 11 is 1.73. The van der Waals surface area contributed by atoms with Gasteiger partial charge in [0, 0.05) is 34.4 Å². The minimum atomic E-state index is -0.212. The fourth-order valence-corrected chi connectivity index (χ4v) is 5.01. The molecule has 2 aliphatic heterocycles. The zero-order valence-corrected chi connectivity index (χ0v) is 17.5. The second kappa shape index (κ2) is 7.76. The average molecular weight is 398 g/mol. The lowest BCUT2D eigenvalue weighted by molar-refractivity contribution is 0.0843. The third kappa shape index (κ3) is 3.89. The van der Waals surface area contributed by atoms with Gasteiger partial charge in [-0.2, -0.15) is 0 Å². The molecule has 0 N–H and O–H groups in total. The lowest BCUT2D eigenvalue weighted by Crippen LogP contribution is -2.45. The molecule has 1 aromatic heterocycles. The normalized spacial score (nSPS) is 21.4. The number of hydrogen-bond donors (Lipinski definition) is 0. The molecule has 4 rings (SSSR count). The largest absolute Gasteiger partial charge is 0.387 e. The van der Waals surface area contributed by atoms with E-state index in [0.29, 0.717) is 17.9 Å². The van der Waals surface area contributed by atoms with E-state index in [0.717, 1.165) is 49.2 Å². The highest BCUT2D eigenvalue weighted by Gasteiger charge is 2.31. The Labute approximate surface area is 170 Å². The van der Waals surface area contributed by atoms with Crippen molar-refractivity contribution in [1.29, 1.82) is 0 Å². The first-order chi connectivity index (χ1) is 13.5. The maximum absolute atomic E-state index is 11.3. The first-order valence-corrected chi connectivity index (χ1v) is 10.8. The monoisotopic (exact) mass is 397 g/mol. The number of benzene rings is 1. The second-order valence-electron chi connectivity index (χ2n) is 8.59. The summed E-state index contributed by atoms with van der Waals surface area (Å²) in [5.74, 6) is 0.534. The summed E-state index contributed by atoms with van der Waals surface area (Å²) in [5, 5.41) is 7.59. The van der Waals surface area contributed by atoms with Gasteiger partial charge in [0.1, 0.15) is 12.0 Å². The van der Waals surface area contributed by atoms with E-state index in [-0.39, 0.29) is 11.6 Å². The fourth-order valence-electron chi connectivity index (χ4n) is 4.01. The number of rotatable bonds is 4. The Hall–Kier alpha value is -2.05. The van der Waals surface area contributed by atoms with Crippen LogP contribution in [0.15, 0.2) is 34.8 Å². The Morgan fingerprint density at radius 1 is 1.21 bits per heavy atom. The van der Waals surface area contributed by atoms with Crippen LogP contribution in [-0.4, -0.2) is 40.5 Å². The Balaban J connectivity index is 1.41. The van der Waals surface area contributed by atoms with Crippen molar-refractivity contribution in [3.63, 3.8) is 0 Å². The van der Waals surface area contributed by atoms with E-state index in [9.17, 15) is 4.79 Å². The van der Waals surface area contributed by atoms with Crippen LogP contribution in [0.1, 0.15) is 78.7 Å². The van der Waals surface area contributed by atoms with Gasteiger partial charge in [-0.1, -0.05) is 29.4 Å². The van der Waals surface area contributed by atoms with E-state index < -0.39 is 0 Å². The molecular formula is C22H27N3O2S. The summed E-state index contributed by atoms with van der Waals surface area (Å²) in [6.45, 7) is 9.10. The summed E-state index contributed by atoms with van der Waals surface area (Å²) in [6, 6.07) is 7.53. The third-order valence-electron chi connectivity index (χ3n) is 5.75. The van der Waals surface area contributed by atoms with Gasteiger partial charge in [-0.15, -0.1) is 11.3 Å². The molecule has 1 saturated heterocycles. The lowest BCUT2D eigenvalue weighted by atomic mass is 9.93. The van der Waals surface area contributed by atoms with Crippen molar-refractivity contribution in [3.05, 3.63) is 51.5 Å². The Morgan fingerprint density at radius 3 is 2.68 bits per heavy atom. The smallest absolute Gasteiger partial charge is 0.159 e. The van der Waals surface area contributed by atoms with Gasteiger partial charge in [0.25, 0.3) is 0 Å². The van der Waals surface area contributed by atoms with Crippen molar-refractivity contribution < 1.29 is 9.63 Å². The first kappa shape index (κ1) is 19.3. The number of aromatic nitrogens is 1. The van der Waals surface area contributed by atoms with Crippen molar-refractivity contribution in [2.24, 2.45) is 5.16 Å². The standard InChI is InChI=1S/C22H27N3O2S/c1-22(2,3)25-10-8-15(9-11-25)21-23-19(14-28-21)18-12-20(27-24-18)17-7-5-4-6-16(17)13-26/h4-7,13-15,20H,8-12H2,1-3H3. The molecule has 3 heterocycles. The highest BCUT2D eigenvalue weighted by molar-refractivity contribution is 7.10. The van der Waals surface area contributed by atoms with E-state index in [4.69, 9.17) is 9.82 Å². The quantitative estimate of drug-likeness (QED) is 0.696. The molecule has 0 amide bonds. The van der Waals surface area contributed by atoms with Crippen molar-refractivity contribution >= 4 is 23.3 Å². The highest BCUT2D eigenvalue weighted by Crippen LogP contribution is 2.35. The van der Waals surface area contributed by atoms with Crippen LogP contribution >= 0.6 is 11.3 Å². The number of carbonyl (C=O) groups excluding carboxylic acids is 1. The number of likely N-dealkylation sites (tertiary alicyclic amines) is 1. The molecule has 148 valence electrons. The van der Waals surface area contributed by atoms with Crippen LogP contribution in [0.3, 0.4) is 0 Å². The van der Waals surface area contributed by atoms with Crippen LogP contribution in [0, 0.1) is 0 Å². The summed E-state index contributed by atoms with van der Waals surface area (Å²) < 4.78 is 0. The van der Waals surface area contributed by atoms with E-state index in [2.05, 4.69) is 36.2 Å². The van der Waals surface area contributed by atoms with Crippen LogP contribution < -0.4 is 0 Å². The zero-order valence-electron chi connectivity index (χ0n) is 16.7. The summed E-state index contributed by atoms with van der Waals surface area (Å²) in [5.41, 5.74) is 3.58. The number of carbonyl (C=O) groups is 1. The minimum Gasteiger partial charge on any atom is -0.387 e. The molecule has 5 nitrogen and oxygen atoms in total. The van der Waals surface area contributed by atoms with Crippen LogP contribution in [0.2, 0.25) is 0 Å². The van der Waals surface area contributed by atoms with Gasteiger partial charge in [-0.05, 0) is 46.7 Å². The van der Waals surface area contributed by atoms with Gasteiger partial charge < -0.3 is 4.84 Å². The van der Waals surface area contributed by atoms with E-state index in [1.165, 1.54) is 5.01 Å². The van der Waals surface area contributed by atoms with Gasteiger partial charge >= 0.3 is 0 Å². The molecule has 2 aromatic rings. The number of thiazole rings is 1. The predicted molar refractivity (Wildman–Crippen MR) is 112 cm³/mol. The minimum absolute atomic E-state index is 0.212. The van der Waals surface area contributed by atoms with Gasteiger partial charge in [0.2, 0.25) is 0 Å². The van der Waals surface area contributed by atoms with Crippen molar-refractivity contribution in [1.82, 2.24) is 9.88 Å². The highest BCUT2D eigenvalue weighted by atomic mass is 32.1. The summed E-state index contributed by atoms with van der Waals surface area (Å²) in [7, 11) is 0. The van der Waals surface area contributed by atoms with E-state index in [1.807, 2.05) is 24.3 Å². The molecule has 28 heavy (non-hydrogen) atoms. The molecule has 0 bridgehead atoms. The number of oxime groups is 1. The Kier molecular flexibility index (Phi) is 5.34. The van der Waals surface area contributed by atoms with E-state index >= 15 is 0 Å². The molecule has 2 aliphatic rings. The molecule has 0 aliphatic carbocycles. The molecule has 1 fully saturated rings. The maximum Gasteiger partial charge on any atom is 0.159 e. The number of aldehydes is 1. The molecule has 0 spiro atoms. The van der Waals surface area contributed by atoms with Crippen LogP contribution in [0.5, 0.6) is 0 Å². The number of nitrogens with zero attached hydrogens (tertiary/aromatic N) is 3. The van der Waals surface area contributed by atoms with E-state index in [1.54, 1.807) is 11.3 Å². The van der Waals surface area contributed by atoms with Gasteiger partial charge in [0.05, 0.1) is 10.7 Å². The summed E-state index contributed by atoms with van der Waals surface area (Å²) in [4.78, 5) is 24.4. The van der Waals surface area contributed by atoms with Crippen molar-refractivity contribution in [2.75, 3.05) is 13.1 Å². The molecule has 6 heteroatoms. The fraction of sp³-hybridized carbons (Fsp3) is 0.500. The van der Waals surface area contributed by atoms with Gasteiger partial charge in [-0.25, -0.2) is 4.98 Å². The zero-order chi connectivity index (χ0) is 19.7. The molecule has 1 aromatic carbocycles. The number of hydrogen-bond acceptors (Lipinski definition) is 6. The lowest BCUT2D eigenvalue weighted by Gasteiger charge is -2.40. The Morgan fingerprint density at radius 2 is 1.96 bits per heavy atom. The third-order valence-corrected chi connectivity index (χ3v) is 6.76. The average Bonchev–Trinajstić information content (AvgIpc) is 3.37. The topological polar surface area (TPSA) is 54.8 Å².